The molecule has 0 aliphatic heterocycles. The van der Waals surface area contributed by atoms with Gasteiger partial charge in [-0.1, -0.05) is 12.1 Å². The number of hydrogen-bond donors (Lipinski definition) is 1. The smallest absolute Gasteiger partial charge is 0.119 e. The van der Waals surface area contributed by atoms with Gasteiger partial charge in [0.1, 0.15) is 5.75 Å². The number of hydrogen-bond acceptors (Lipinski definition) is 3. The first-order valence-electron chi connectivity index (χ1n) is 6.00. The summed E-state index contributed by atoms with van der Waals surface area (Å²) in [5, 5.41) is 8.73. The van der Waals surface area contributed by atoms with Gasteiger partial charge in [-0.05, 0) is 37.5 Å². The molecule has 1 aromatic rings. The van der Waals surface area contributed by atoms with Crippen LogP contribution in [0.1, 0.15) is 37.8 Å². The van der Waals surface area contributed by atoms with Crippen LogP contribution in [-0.2, 0) is 0 Å². The van der Waals surface area contributed by atoms with Crippen molar-refractivity contribution in [1.82, 2.24) is 0 Å². The van der Waals surface area contributed by atoms with E-state index in [1.54, 1.807) is 0 Å². The zero-order valence-electron chi connectivity index (χ0n) is 10.1. The van der Waals surface area contributed by atoms with Crippen molar-refractivity contribution < 1.29 is 4.74 Å². The highest BCUT2D eigenvalue weighted by Crippen LogP contribution is 2.48. The van der Waals surface area contributed by atoms with Crippen molar-refractivity contribution >= 4 is 0 Å². The maximum Gasteiger partial charge on any atom is 0.119 e. The average Bonchev–Trinajstić information content (AvgIpc) is 3.08. The fourth-order valence-corrected chi connectivity index (χ4v) is 1.84. The molecule has 0 spiro atoms. The Kier molecular flexibility index (Phi) is 3.35. The van der Waals surface area contributed by atoms with E-state index in [1.165, 1.54) is 0 Å². The summed E-state index contributed by atoms with van der Waals surface area (Å²) in [7, 11) is 0. The van der Waals surface area contributed by atoms with E-state index in [1.807, 2.05) is 31.2 Å². The van der Waals surface area contributed by atoms with Gasteiger partial charge in [-0.15, -0.1) is 0 Å². The lowest BCUT2D eigenvalue weighted by atomic mass is 10.1. The Labute approximate surface area is 102 Å². The highest BCUT2D eigenvalue weighted by atomic mass is 16.5. The molecule has 1 saturated carbocycles. The number of benzene rings is 1. The third-order valence-corrected chi connectivity index (χ3v) is 3.34. The molecular weight excluding hydrogens is 212 g/mol. The predicted molar refractivity (Wildman–Crippen MR) is 66.4 cm³/mol. The zero-order chi connectivity index (χ0) is 12.3. The number of rotatable bonds is 5. The van der Waals surface area contributed by atoms with Gasteiger partial charge in [-0.2, -0.15) is 5.26 Å². The SMILES string of the molecule is C[C@@H](N)c1cccc(OCC2(CC#N)CC2)c1. The first-order valence-corrected chi connectivity index (χ1v) is 6.00. The van der Waals surface area contributed by atoms with Gasteiger partial charge >= 0.3 is 0 Å². The van der Waals surface area contributed by atoms with Crippen LogP contribution in [0.25, 0.3) is 0 Å². The van der Waals surface area contributed by atoms with Crippen LogP contribution >= 0.6 is 0 Å². The van der Waals surface area contributed by atoms with E-state index in [-0.39, 0.29) is 11.5 Å². The Morgan fingerprint density at radius 3 is 2.88 bits per heavy atom. The summed E-state index contributed by atoms with van der Waals surface area (Å²) in [5.41, 5.74) is 7.03. The van der Waals surface area contributed by atoms with Gasteiger partial charge in [0.05, 0.1) is 12.7 Å². The number of ether oxygens (including phenoxy) is 1. The first kappa shape index (κ1) is 11.9. The molecule has 1 aromatic carbocycles. The Balaban J connectivity index is 1.95. The first-order chi connectivity index (χ1) is 8.15. The van der Waals surface area contributed by atoms with E-state index >= 15 is 0 Å². The molecule has 0 unspecified atom stereocenters. The van der Waals surface area contributed by atoms with Crippen LogP contribution in [0.3, 0.4) is 0 Å². The molecule has 0 saturated heterocycles. The monoisotopic (exact) mass is 230 g/mol. The highest BCUT2D eigenvalue weighted by Gasteiger charge is 2.43. The van der Waals surface area contributed by atoms with E-state index in [0.717, 1.165) is 24.2 Å². The molecule has 0 aromatic heterocycles. The van der Waals surface area contributed by atoms with Gasteiger partial charge in [0.2, 0.25) is 0 Å². The van der Waals surface area contributed by atoms with Crippen LogP contribution in [0.5, 0.6) is 5.75 Å². The molecule has 0 heterocycles. The van der Waals surface area contributed by atoms with Gasteiger partial charge < -0.3 is 10.5 Å². The minimum absolute atomic E-state index is 0.0209. The van der Waals surface area contributed by atoms with Crippen molar-refractivity contribution in [3.63, 3.8) is 0 Å². The maximum atomic E-state index is 8.73. The van der Waals surface area contributed by atoms with Crippen LogP contribution in [0.4, 0.5) is 0 Å². The fourth-order valence-electron chi connectivity index (χ4n) is 1.84. The number of nitrogens with zero attached hydrogens (tertiary/aromatic N) is 1. The van der Waals surface area contributed by atoms with Gasteiger partial charge in [0.25, 0.3) is 0 Å². The third-order valence-electron chi connectivity index (χ3n) is 3.34. The normalized spacial score (nSPS) is 18.2. The molecule has 1 aliphatic carbocycles. The quantitative estimate of drug-likeness (QED) is 0.846. The van der Waals surface area contributed by atoms with Crippen molar-refractivity contribution in [2.45, 2.75) is 32.2 Å². The minimum Gasteiger partial charge on any atom is -0.493 e. The Morgan fingerprint density at radius 2 is 2.29 bits per heavy atom. The van der Waals surface area contributed by atoms with Gasteiger partial charge in [0, 0.05) is 17.9 Å². The fraction of sp³-hybridized carbons (Fsp3) is 0.500. The molecule has 1 atom stereocenters. The van der Waals surface area contributed by atoms with Crippen LogP contribution < -0.4 is 10.5 Å². The summed E-state index contributed by atoms with van der Waals surface area (Å²) in [6, 6.07) is 10.1. The third kappa shape index (κ3) is 2.98. The number of nitriles is 1. The van der Waals surface area contributed by atoms with Crippen LogP contribution in [0.15, 0.2) is 24.3 Å². The zero-order valence-corrected chi connectivity index (χ0v) is 10.1. The molecular formula is C14H18N2O. The molecule has 2 rings (SSSR count). The summed E-state index contributed by atoms with van der Waals surface area (Å²) in [4.78, 5) is 0. The molecule has 3 heteroatoms. The van der Waals surface area contributed by atoms with E-state index in [9.17, 15) is 0 Å². The van der Waals surface area contributed by atoms with Crippen molar-refractivity contribution in [3.8, 4) is 11.8 Å². The molecule has 17 heavy (non-hydrogen) atoms. The Morgan fingerprint density at radius 1 is 1.53 bits per heavy atom. The topological polar surface area (TPSA) is 59.0 Å². The van der Waals surface area contributed by atoms with Crippen molar-refractivity contribution in [2.24, 2.45) is 11.1 Å². The lowest BCUT2D eigenvalue weighted by Crippen LogP contribution is -2.12. The lowest BCUT2D eigenvalue weighted by Gasteiger charge is -2.14. The summed E-state index contributed by atoms with van der Waals surface area (Å²) in [6.07, 6.45) is 2.81. The number of nitrogens with two attached hydrogens (primary N) is 1. The largest absolute Gasteiger partial charge is 0.493 e. The average molecular weight is 230 g/mol. The molecule has 0 amide bonds. The predicted octanol–water partition coefficient (Wildman–Crippen LogP) is 2.78. The molecule has 1 fully saturated rings. The Bertz CT molecular complexity index is 430. The minimum atomic E-state index is 0.0209. The molecule has 3 nitrogen and oxygen atoms in total. The van der Waals surface area contributed by atoms with Crippen LogP contribution in [-0.4, -0.2) is 6.61 Å². The van der Waals surface area contributed by atoms with Gasteiger partial charge in [0.15, 0.2) is 0 Å². The van der Waals surface area contributed by atoms with E-state index in [2.05, 4.69) is 6.07 Å². The molecule has 0 radical (unpaired) electrons. The van der Waals surface area contributed by atoms with Crippen molar-refractivity contribution in [2.75, 3.05) is 6.61 Å². The van der Waals surface area contributed by atoms with Gasteiger partial charge in [-0.3, -0.25) is 0 Å². The lowest BCUT2D eigenvalue weighted by molar-refractivity contribution is 0.236. The maximum absolute atomic E-state index is 8.73. The highest BCUT2D eigenvalue weighted by molar-refractivity contribution is 5.30. The van der Waals surface area contributed by atoms with Crippen LogP contribution in [0.2, 0.25) is 0 Å². The van der Waals surface area contributed by atoms with Crippen molar-refractivity contribution in [3.05, 3.63) is 29.8 Å². The summed E-state index contributed by atoms with van der Waals surface area (Å²) < 4.78 is 5.77. The molecule has 2 N–H and O–H groups in total. The van der Waals surface area contributed by atoms with E-state index in [4.69, 9.17) is 15.7 Å². The van der Waals surface area contributed by atoms with Crippen molar-refractivity contribution in [1.29, 1.82) is 5.26 Å². The van der Waals surface area contributed by atoms with E-state index in [0.29, 0.717) is 13.0 Å². The summed E-state index contributed by atoms with van der Waals surface area (Å²) in [6.45, 7) is 2.60. The second kappa shape index (κ2) is 4.77. The Hall–Kier alpha value is -1.53. The molecule has 0 bridgehead atoms. The second-order valence-electron chi connectivity index (χ2n) is 4.98. The summed E-state index contributed by atoms with van der Waals surface area (Å²) in [5.74, 6) is 0.851. The summed E-state index contributed by atoms with van der Waals surface area (Å²) >= 11 is 0. The van der Waals surface area contributed by atoms with Gasteiger partial charge in [-0.25, -0.2) is 0 Å². The standard InChI is InChI=1S/C14H18N2O/c1-11(16)12-3-2-4-13(9-12)17-10-14(5-6-14)7-8-15/h2-4,9,11H,5-7,10,16H2,1H3/t11-/m1/s1. The van der Waals surface area contributed by atoms with E-state index < -0.39 is 0 Å². The molecule has 90 valence electrons. The molecule has 1 aliphatic rings. The second-order valence-corrected chi connectivity index (χ2v) is 4.98. The van der Waals surface area contributed by atoms with Crippen LogP contribution in [0, 0.1) is 16.7 Å².